The molecule has 2 heterocycles. The predicted molar refractivity (Wildman–Crippen MR) is 80.8 cm³/mol. The molecular formula is C17H27N3. The van der Waals surface area contributed by atoms with E-state index in [1.165, 1.54) is 88.0 Å². The van der Waals surface area contributed by atoms with Gasteiger partial charge in [-0.1, -0.05) is 12.8 Å². The van der Waals surface area contributed by atoms with E-state index in [1.807, 2.05) is 0 Å². The molecule has 4 rings (SSSR count). The van der Waals surface area contributed by atoms with E-state index in [9.17, 15) is 0 Å². The Morgan fingerprint density at radius 2 is 1.75 bits per heavy atom. The summed E-state index contributed by atoms with van der Waals surface area (Å²) in [5.41, 5.74) is 2.94. The summed E-state index contributed by atoms with van der Waals surface area (Å²) in [7, 11) is 2.26. The van der Waals surface area contributed by atoms with E-state index in [-0.39, 0.29) is 0 Å². The zero-order valence-electron chi connectivity index (χ0n) is 12.8. The average Bonchev–Trinajstić information content (AvgIpc) is 3.17. The molecule has 0 N–H and O–H groups in total. The average molecular weight is 273 g/mol. The van der Waals surface area contributed by atoms with Gasteiger partial charge in [0, 0.05) is 18.8 Å². The fourth-order valence-corrected chi connectivity index (χ4v) is 4.74. The number of fused-ring (bicyclic) bond motifs is 1. The minimum atomic E-state index is 0.605. The summed E-state index contributed by atoms with van der Waals surface area (Å²) >= 11 is 0. The Morgan fingerprint density at radius 3 is 2.55 bits per heavy atom. The second-order valence-electron chi connectivity index (χ2n) is 6.96. The fraction of sp³-hybridized carbons (Fsp3) is 0.824. The van der Waals surface area contributed by atoms with Crippen molar-refractivity contribution >= 4 is 0 Å². The van der Waals surface area contributed by atoms with Gasteiger partial charge in [0.05, 0.1) is 11.7 Å². The number of imidazole rings is 1. The molecule has 1 aliphatic heterocycles. The van der Waals surface area contributed by atoms with Crippen LogP contribution >= 0.6 is 0 Å². The van der Waals surface area contributed by atoms with Gasteiger partial charge >= 0.3 is 0 Å². The lowest BCUT2D eigenvalue weighted by Crippen LogP contribution is -2.33. The van der Waals surface area contributed by atoms with Crippen molar-refractivity contribution in [2.45, 2.75) is 76.3 Å². The number of rotatable bonds is 2. The summed E-state index contributed by atoms with van der Waals surface area (Å²) in [6.45, 7) is 1.30. The molecule has 2 aliphatic carbocycles. The molecule has 0 radical (unpaired) electrons. The second-order valence-corrected chi connectivity index (χ2v) is 6.96. The van der Waals surface area contributed by atoms with E-state index in [0.29, 0.717) is 6.04 Å². The van der Waals surface area contributed by atoms with Crippen LogP contribution in [0.4, 0.5) is 0 Å². The number of aryl methyl sites for hydroxylation is 1. The number of hydrogen-bond donors (Lipinski definition) is 0. The smallest absolute Gasteiger partial charge is 0.126 e. The molecule has 3 aliphatic rings. The van der Waals surface area contributed by atoms with Crippen molar-refractivity contribution in [2.75, 3.05) is 6.54 Å². The monoisotopic (exact) mass is 273 g/mol. The molecule has 1 saturated heterocycles. The topological polar surface area (TPSA) is 21.1 Å². The van der Waals surface area contributed by atoms with Crippen LogP contribution in [0.3, 0.4) is 0 Å². The molecule has 20 heavy (non-hydrogen) atoms. The number of likely N-dealkylation sites (tertiary alicyclic amines) is 1. The summed E-state index contributed by atoms with van der Waals surface area (Å²) in [5.74, 6) is 1.38. The van der Waals surface area contributed by atoms with Gasteiger partial charge in [-0.05, 0) is 57.9 Å². The van der Waals surface area contributed by atoms with Crippen LogP contribution in [-0.4, -0.2) is 27.0 Å². The predicted octanol–water partition coefficient (Wildman–Crippen LogP) is 3.38. The molecule has 0 bridgehead atoms. The third kappa shape index (κ3) is 2.02. The Labute approximate surface area is 122 Å². The highest BCUT2D eigenvalue weighted by molar-refractivity contribution is 5.22. The van der Waals surface area contributed by atoms with Gasteiger partial charge in [-0.2, -0.15) is 0 Å². The summed E-state index contributed by atoms with van der Waals surface area (Å²) in [6, 6.07) is 1.45. The Kier molecular flexibility index (Phi) is 3.33. The van der Waals surface area contributed by atoms with E-state index < -0.39 is 0 Å². The van der Waals surface area contributed by atoms with E-state index in [0.717, 1.165) is 6.04 Å². The lowest BCUT2D eigenvalue weighted by molar-refractivity contribution is 0.174. The van der Waals surface area contributed by atoms with Crippen molar-refractivity contribution in [2.24, 2.45) is 7.05 Å². The minimum Gasteiger partial charge on any atom is -0.334 e. The molecule has 1 aromatic heterocycles. The molecule has 1 atom stereocenters. The summed E-state index contributed by atoms with van der Waals surface area (Å²) < 4.78 is 2.45. The lowest BCUT2D eigenvalue weighted by Gasteiger charge is -2.30. The van der Waals surface area contributed by atoms with Gasteiger partial charge in [0.25, 0.3) is 0 Å². The Morgan fingerprint density at radius 1 is 0.950 bits per heavy atom. The van der Waals surface area contributed by atoms with Crippen LogP contribution in [0, 0.1) is 0 Å². The lowest BCUT2D eigenvalue weighted by atomic mass is 10.0. The molecule has 2 fully saturated rings. The van der Waals surface area contributed by atoms with Crippen molar-refractivity contribution in [1.29, 1.82) is 0 Å². The highest BCUT2D eigenvalue weighted by Crippen LogP contribution is 2.38. The molecule has 1 saturated carbocycles. The van der Waals surface area contributed by atoms with Crippen LogP contribution in [0.25, 0.3) is 0 Å². The molecule has 0 unspecified atom stereocenters. The van der Waals surface area contributed by atoms with Crippen molar-refractivity contribution in [1.82, 2.24) is 14.5 Å². The first-order valence-corrected chi connectivity index (χ1v) is 8.64. The number of hydrogen-bond acceptors (Lipinski definition) is 2. The normalized spacial score (nSPS) is 28.1. The fourth-order valence-electron chi connectivity index (χ4n) is 4.74. The van der Waals surface area contributed by atoms with Crippen molar-refractivity contribution in [3.05, 3.63) is 17.2 Å². The Hall–Kier alpha value is -0.830. The molecule has 110 valence electrons. The maximum absolute atomic E-state index is 5.08. The summed E-state index contributed by atoms with van der Waals surface area (Å²) in [4.78, 5) is 7.87. The molecule has 0 spiro atoms. The molecule has 3 nitrogen and oxygen atoms in total. The van der Waals surface area contributed by atoms with Crippen molar-refractivity contribution in [3.63, 3.8) is 0 Å². The molecule has 0 aromatic carbocycles. The van der Waals surface area contributed by atoms with Crippen LogP contribution < -0.4 is 0 Å². The van der Waals surface area contributed by atoms with Crippen molar-refractivity contribution < 1.29 is 0 Å². The first kappa shape index (κ1) is 12.9. The molecule has 0 amide bonds. The van der Waals surface area contributed by atoms with Crippen LogP contribution in [0.15, 0.2) is 0 Å². The maximum Gasteiger partial charge on any atom is 0.126 e. The zero-order chi connectivity index (χ0) is 13.5. The molecule has 3 heteroatoms. The quantitative estimate of drug-likeness (QED) is 0.823. The first-order valence-electron chi connectivity index (χ1n) is 8.64. The maximum atomic E-state index is 5.08. The third-order valence-electron chi connectivity index (χ3n) is 5.79. The molecule has 1 aromatic rings. The van der Waals surface area contributed by atoms with Gasteiger partial charge < -0.3 is 4.57 Å². The second kappa shape index (κ2) is 5.18. The SMILES string of the molecule is Cn1c([C@@H]2CCCN2C2CCCC2)nc2c1CCCC2. The minimum absolute atomic E-state index is 0.605. The first-order chi connectivity index (χ1) is 9.84. The van der Waals surface area contributed by atoms with E-state index >= 15 is 0 Å². The van der Waals surface area contributed by atoms with Gasteiger partial charge in [0.2, 0.25) is 0 Å². The summed E-state index contributed by atoms with van der Waals surface area (Å²) in [6.07, 6.45) is 13.5. The zero-order valence-corrected chi connectivity index (χ0v) is 12.8. The van der Waals surface area contributed by atoms with Gasteiger partial charge in [0.15, 0.2) is 0 Å². The van der Waals surface area contributed by atoms with Gasteiger partial charge in [-0.25, -0.2) is 4.98 Å². The Bertz CT molecular complexity index is 485. The summed E-state index contributed by atoms with van der Waals surface area (Å²) in [5, 5.41) is 0. The van der Waals surface area contributed by atoms with E-state index in [1.54, 1.807) is 0 Å². The van der Waals surface area contributed by atoms with Crippen molar-refractivity contribution in [3.8, 4) is 0 Å². The number of aromatic nitrogens is 2. The largest absolute Gasteiger partial charge is 0.334 e. The van der Waals surface area contributed by atoms with Crippen LogP contribution in [0.1, 0.15) is 74.6 Å². The molecular weight excluding hydrogens is 246 g/mol. The van der Waals surface area contributed by atoms with E-state index in [4.69, 9.17) is 4.98 Å². The van der Waals surface area contributed by atoms with Crippen LogP contribution in [-0.2, 0) is 19.9 Å². The van der Waals surface area contributed by atoms with Crippen LogP contribution in [0.5, 0.6) is 0 Å². The number of nitrogens with zero attached hydrogens (tertiary/aromatic N) is 3. The van der Waals surface area contributed by atoms with E-state index in [2.05, 4.69) is 16.5 Å². The van der Waals surface area contributed by atoms with Gasteiger partial charge in [0.1, 0.15) is 5.82 Å². The van der Waals surface area contributed by atoms with Gasteiger partial charge in [-0.15, -0.1) is 0 Å². The van der Waals surface area contributed by atoms with Crippen LogP contribution in [0.2, 0.25) is 0 Å². The highest BCUT2D eigenvalue weighted by Gasteiger charge is 2.36. The highest BCUT2D eigenvalue weighted by atomic mass is 15.3. The van der Waals surface area contributed by atoms with Gasteiger partial charge in [-0.3, -0.25) is 4.90 Å². The Balaban J connectivity index is 1.64. The standard InChI is InChI=1S/C17H27N3/c1-19-15-10-5-4-9-14(15)18-17(19)16-11-6-12-20(16)13-7-2-3-8-13/h13,16H,2-12H2,1H3/t16-/m0/s1. The third-order valence-corrected chi connectivity index (χ3v) is 5.79.